The molecule has 0 spiro atoms. The monoisotopic (exact) mass is 573 g/mol. The largest absolute Gasteiger partial charge is 0.493 e. The Morgan fingerprint density at radius 1 is 1.15 bits per heavy atom. The van der Waals surface area contributed by atoms with Crippen molar-refractivity contribution >= 4 is 63.1 Å². The van der Waals surface area contributed by atoms with Gasteiger partial charge in [0.15, 0.2) is 18.1 Å². The Bertz CT molecular complexity index is 1080. The van der Waals surface area contributed by atoms with E-state index in [-0.39, 0.29) is 37.1 Å². The lowest BCUT2D eigenvalue weighted by Gasteiger charge is -2.13. The highest BCUT2D eigenvalue weighted by atomic mass is 79.9. The number of carbonyl (C=O) groups excluding carboxylic acids is 3. The first kappa shape index (κ1) is 27.4. The standard InChI is InChI=1S/C22H22BrCl2N3O6/c1-3-33-20(30)12-34-21-15(23)8-13(9-18(21)32-2)11-27-28-19(29)6-7-26-22(31)14-4-5-16(24)17(25)10-14/h4-5,8-11H,3,6-7,12H2,1-2H3,(H,26,31)(H,28,29). The topological polar surface area (TPSA) is 115 Å². The van der Waals surface area contributed by atoms with Crippen LogP contribution in [-0.4, -0.2) is 50.9 Å². The molecule has 0 aliphatic rings. The van der Waals surface area contributed by atoms with Gasteiger partial charge in [0.25, 0.3) is 5.91 Å². The van der Waals surface area contributed by atoms with Crippen LogP contribution in [-0.2, 0) is 14.3 Å². The molecule has 0 atom stereocenters. The second-order valence-corrected chi connectivity index (χ2v) is 8.22. The molecule has 182 valence electrons. The molecule has 0 aliphatic heterocycles. The number of benzene rings is 2. The minimum atomic E-state index is -0.502. The van der Waals surface area contributed by atoms with E-state index in [9.17, 15) is 14.4 Å². The number of hydrogen-bond acceptors (Lipinski definition) is 7. The minimum absolute atomic E-state index is 0.0120. The summed E-state index contributed by atoms with van der Waals surface area (Å²) < 4.78 is 16.1. The summed E-state index contributed by atoms with van der Waals surface area (Å²) in [7, 11) is 1.45. The first-order chi connectivity index (χ1) is 16.2. The predicted molar refractivity (Wildman–Crippen MR) is 132 cm³/mol. The Hall–Kier alpha value is -2.82. The molecule has 0 heterocycles. The zero-order valence-electron chi connectivity index (χ0n) is 18.3. The Morgan fingerprint density at radius 2 is 1.91 bits per heavy atom. The summed E-state index contributed by atoms with van der Waals surface area (Å²) >= 11 is 15.1. The number of rotatable bonds is 11. The summed E-state index contributed by atoms with van der Waals surface area (Å²) in [5, 5.41) is 7.13. The van der Waals surface area contributed by atoms with Crippen molar-refractivity contribution in [3.05, 3.63) is 56.0 Å². The van der Waals surface area contributed by atoms with Gasteiger partial charge in [-0.15, -0.1) is 0 Å². The fraction of sp³-hybridized carbons (Fsp3) is 0.273. The van der Waals surface area contributed by atoms with Crippen molar-refractivity contribution in [1.29, 1.82) is 0 Å². The summed E-state index contributed by atoms with van der Waals surface area (Å²) in [6.45, 7) is 1.79. The summed E-state index contributed by atoms with van der Waals surface area (Å²) in [6, 6.07) is 7.80. The molecule has 0 bridgehead atoms. The lowest BCUT2D eigenvalue weighted by molar-refractivity contribution is -0.145. The molecule has 2 aromatic rings. The molecule has 2 N–H and O–H groups in total. The first-order valence-corrected chi connectivity index (χ1v) is 11.5. The van der Waals surface area contributed by atoms with E-state index < -0.39 is 11.9 Å². The van der Waals surface area contributed by atoms with Gasteiger partial charge in [-0.1, -0.05) is 23.2 Å². The zero-order chi connectivity index (χ0) is 25.1. The molecule has 0 aromatic heterocycles. The molecule has 0 fully saturated rings. The highest BCUT2D eigenvalue weighted by molar-refractivity contribution is 9.10. The molecule has 0 radical (unpaired) electrons. The van der Waals surface area contributed by atoms with Gasteiger partial charge >= 0.3 is 5.97 Å². The van der Waals surface area contributed by atoms with E-state index in [1.807, 2.05) is 0 Å². The third kappa shape index (κ3) is 8.51. The van der Waals surface area contributed by atoms with Gasteiger partial charge in [-0.2, -0.15) is 5.10 Å². The van der Waals surface area contributed by atoms with Crippen LogP contribution in [0, 0.1) is 0 Å². The van der Waals surface area contributed by atoms with Gasteiger partial charge in [-0.05, 0) is 58.7 Å². The van der Waals surface area contributed by atoms with Crippen molar-refractivity contribution in [3.8, 4) is 11.5 Å². The number of nitrogens with one attached hydrogen (secondary N) is 2. The molecule has 0 unspecified atom stereocenters. The number of hydrazone groups is 1. The maximum Gasteiger partial charge on any atom is 0.344 e. The van der Waals surface area contributed by atoms with Gasteiger partial charge < -0.3 is 19.5 Å². The minimum Gasteiger partial charge on any atom is -0.493 e. The number of nitrogens with zero attached hydrogens (tertiary/aromatic N) is 1. The van der Waals surface area contributed by atoms with Crippen molar-refractivity contribution in [3.63, 3.8) is 0 Å². The number of methoxy groups -OCH3 is 1. The Kier molecular flexibility index (Phi) is 11.1. The molecule has 34 heavy (non-hydrogen) atoms. The Labute approximate surface area is 214 Å². The molecule has 9 nitrogen and oxygen atoms in total. The quantitative estimate of drug-likeness (QED) is 0.238. The van der Waals surface area contributed by atoms with Gasteiger partial charge in [0, 0.05) is 18.5 Å². The van der Waals surface area contributed by atoms with E-state index in [2.05, 4.69) is 31.8 Å². The van der Waals surface area contributed by atoms with Crippen LogP contribution < -0.4 is 20.2 Å². The number of esters is 1. The van der Waals surface area contributed by atoms with Crippen LogP contribution in [0.4, 0.5) is 0 Å². The van der Waals surface area contributed by atoms with E-state index in [1.54, 1.807) is 19.1 Å². The van der Waals surface area contributed by atoms with E-state index in [0.29, 0.717) is 32.1 Å². The van der Waals surface area contributed by atoms with Crippen LogP contribution in [0.2, 0.25) is 10.0 Å². The summed E-state index contributed by atoms with van der Waals surface area (Å²) in [5.41, 5.74) is 3.31. The van der Waals surface area contributed by atoms with Crippen LogP contribution in [0.3, 0.4) is 0 Å². The van der Waals surface area contributed by atoms with Crippen molar-refractivity contribution in [1.82, 2.24) is 10.7 Å². The maximum absolute atomic E-state index is 12.1. The second-order valence-electron chi connectivity index (χ2n) is 6.56. The molecular weight excluding hydrogens is 553 g/mol. The third-order valence-corrected chi connectivity index (χ3v) is 5.44. The number of carbonyl (C=O) groups is 3. The van der Waals surface area contributed by atoms with Crippen LogP contribution in [0.5, 0.6) is 11.5 Å². The average molecular weight is 575 g/mol. The fourth-order valence-corrected chi connectivity index (χ4v) is 3.42. The normalized spacial score (nSPS) is 10.6. The van der Waals surface area contributed by atoms with Crippen LogP contribution >= 0.6 is 39.1 Å². The number of hydrogen-bond donors (Lipinski definition) is 2. The molecule has 12 heteroatoms. The molecule has 2 aromatic carbocycles. The summed E-state index contributed by atoms with van der Waals surface area (Å²) in [6.07, 6.45) is 1.42. The van der Waals surface area contributed by atoms with Crippen LogP contribution in [0.15, 0.2) is 39.9 Å². The third-order valence-electron chi connectivity index (χ3n) is 4.11. The van der Waals surface area contributed by atoms with E-state index in [0.717, 1.165) is 0 Å². The van der Waals surface area contributed by atoms with E-state index >= 15 is 0 Å². The van der Waals surface area contributed by atoms with Crippen molar-refractivity contribution in [2.24, 2.45) is 5.10 Å². The average Bonchev–Trinajstić information content (AvgIpc) is 2.79. The maximum atomic E-state index is 12.1. The van der Waals surface area contributed by atoms with Gasteiger partial charge in [0.2, 0.25) is 5.91 Å². The van der Waals surface area contributed by atoms with Crippen molar-refractivity contribution in [2.75, 3.05) is 26.9 Å². The smallest absolute Gasteiger partial charge is 0.344 e. The second kappa shape index (κ2) is 13.8. The van der Waals surface area contributed by atoms with Crippen LogP contribution in [0.25, 0.3) is 0 Å². The SMILES string of the molecule is CCOC(=O)COc1c(Br)cc(C=NNC(=O)CCNC(=O)c2ccc(Cl)c(Cl)c2)cc1OC. The Morgan fingerprint density at radius 3 is 2.59 bits per heavy atom. The summed E-state index contributed by atoms with van der Waals surface area (Å²) in [5.74, 6) is -0.591. The van der Waals surface area contributed by atoms with Crippen molar-refractivity contribution < 1.29 is 28.6 Å². The zero-order valence-corrected chi connectivity index (χ0v) is 21.4. The molecule has 0 saturated carbocycles. The molecular formula is C22H22BrCl2N3O6. The van der Waals surface area contributed by atoms with Crippen LogP contribution in [0.1, 0.15) is 29.3 Å². The first-order valence-electron chi connectivity index (χ1n) is 9.96. The summed E-state index contributed by atoms with van der Waals surface area (Å²) in [4.78, 5) is 35.6. The lowest BCUT2D eigenvalue weighted by atomic mass is 10.2. The number of halogens is 3. The van der Waals surface area contributed by atoms with Gasteiger partial charge in [0.1, 0.15) is 0 Å². The van der Waals surface area contributed by atoms with Gasteiger partial charge in [-0.3, -0.25) is 9.59 Å². The molecule has 0 saturated heterocycles. The Balaban J connectivity index is 1.86. The predicted octanol–water partition coefficient (Wildman–Crippen LogP) is 3.98. The number of ether oxygens (including phenoxy) is 3. The molecule has 2 rings (SSSR count). The lowest BCUT2D eigenvalue weighted by Crippen LogP contribution is -2.29. The number of amides is 2. The highest BCUT2D eigenvalue weighted by Crippen LogP contribution is 2.36. The molecule has 2 amide bonds. The van der Waals surface area contributed by atoms with Gasteiger partial charge in [0.05, 0.1) is 34.4 Å². The van der Waals surface area contributed by atoms with Crippen molar-refractivity contribution in [2.45, 2.75) is 13.3 Å². The van der Waals surface area contributed by atoms with E-state index in [1.165, 1.54) is 31.5 Å². The van der Waals surface area contributed by atoms with E-state index in [4.69, 9.17) is 37.4 Å². The fourth-order valence-electron chi connectivity index (χ4n) is 2.55. The molecule has 0 aliphatic carbocycles. The van der Waals surface area contributed by atoms with Gasteiger partial charge in [-0.25, -0.2) is 10.2 Å². The highest BCUT2D eigenvalue weighted by Gasteiger charge is 2.14.